The maximum Gasteiger partial charge on any atom is 0.251 e. The second-order valence-corrected chi connectivity index (χ2v) is 9.44. The highest BCUT2D eigenvalue weighted by atomic mass is 32.2. The number of aromatic amines is 1. The van der Waals surface area contributed by atoms with Crippen molar-refractivity contribution in [1.29, 1.82) is 0 Å². The van der Waals surface area contributed by atoms with E-state index in [-0.39, 0.29) is 5.91 Å². The summed E-state index contributed by atoms with van der Waals surface area (Å²) in [5.74, 6) is 2.19. The number of hydrogen-bond donors (Lipinski definition) is 2. The summed E-state index contributed by atoms with van der Waals surface area (Å²) in [6, 6.07) is 29.5. The van der Waals surface area contributed by atoms with Crippen LogP contribution in [-0.2, 0) is 0 Å². The Balaban J connectivity index is 1.31. The van der Waals surface area contributed by atoms with Crippen molar-refractivity contribution in [3.63, 3.8) is 0 Å². The molecule has 186 valence electrons. The number of rotatable bonds is 9. The van der Waals surface area contributed by atoms with E-state index in [0.717, 1.165) is 49.9 Å². The zero-order valence-corrected chi connectivity index (χ0v) is 21.5. The molecule has 37 heavy (non-hydrogen) atoms. The Labute approximate surface area is 220 Å². The van der Waals surface area contributed by atoms with Crippen LogP contribution in [0, 0.1) is 0 Å². The molecule has 0 fully saturated rings. The van der Waals surface area contributed by atoms with Gasteiger partial charge in [0.05, 0.1) is 25.6 Å². The molecule has 0 aliphatic carbocycles. The summed E-state index contributed by atoms with van der Waals surface area (Å²) < 4.78 is 10.6. The number of methoxy groups -OCH3 is 2. The number of nitrogens with zero attached hydrogens (tertiary/aromatic N) is 1. The minimum absolute atomic E-state index is 0.0744. The normalized spacial score (nSPS) is 10.9. The molecule has 7 heteroatoms. The molecule has 1 amide bonds. The van der Waals surface area contributed by atoms with Crippen molar-refractivity contribution < 1.29 is 14.3 Å². The standard InChI is InChI=1S/C30H27N3O3S/c1-35-23-14-10-21(11-15-23)27-28(22-12-16-24(36-2)17-13-22)33-30(32-27)37-19-18-31-29(34)26-9-5-7-20-6-3-4-8-25(20)26/h3-17H,18-19H2,1-2H3,(H,31,34)(H,32,33). The van der Waals surface area contributed by atoms with Crippen molar-refractivity contribution in [3.05, 3.63) is 96.6 Å². The van der Waals surface area contributed by atoms with E-state index >= 15 is 0 Å². The first-order valence-electron chi connectivity index (χ1n) is 11.9. The van der Waals surface area contributed by atoms with Gasteiger partial charge >= 0.3 is 0 Å². The molecule has 4 aromatic carbocycles. The highest BCUT2D eigenvalue weighted by Gasteiger charge is 2.15. The Morgan fingerprint density at radius 2 is 1.49 bits per heavy atom. The van der Waals surface area contributed by atoms with Gasteiger partial charge in [-0.25, -0.2) is 4.98 Å². The number of amides is 1. The molecule has 1 aromatic heterocycles. The van der Waals surface area contributed by atoms with Gasteiger partial charge in [0.1, 0.15) is 11.5 Å². The van der Waals surface area contributed by atoms with Crippen LogP contribution in [0.3, 0.4) is 0 Å². The number of aromatic nitrogens is 2. The number of fused-ring (bicyclic) bond motifs is 1. The van der Waals surface area contributed by atoms with Crippen LogP contribution in [0.1, 0.15) is 10.4 Å². The first kappa shape index (κ1) is 24.5. The average Bonchev–Trinajstić information content (AvgIpc) is 3.39. The predicted octanol–water partition coefficient (Wildman–Crippen LogP) is 6.44. The average molecular weight is 510 g/mol. The van der Waals surface area contributed by atoms with E-state index in [4.69, 9.17) is 14.5 Å². The number of imidazole rings is 1. The summed E-state index contributed by atoms with van der Waals surface area (Å²) >= 11 is 1.57. The van der Waals surface area contributed by atoms with Gasteiger partial charge < -0.3 is 19.8 Å². The quantitative estimate of drug-likeness (QED) is 0.177. The lowest BCUT2D eigenvalue weighted by molar-refractivity contribution is 0.0958. The Kier molecular flexibility index (Phi) is 7.42. The molecular formula is C30H27N3O3S. The Morgan fingerprint density at radius 3 is 2.19 bits per heavy atom. The zero-order chi connectivity index (χ0) is 25.6. The topological polar surface area (TPSA) is 76.2 Å². The van der Waals surface area contributed by atoms with E-state index in [1.807, 2.05) is 91.0 Å². The van der Waals surface area contributed by atoms with E-state index in [1.54, 1.807) is 26.0 Å². The zero-order valence-electron chi connectivity index (χ0n) is 20.7. The first-order valence-corrected chi connectivity index (χ1v) is 12.9. The fourth-order valence-corrected chi connectivity index (χ4v) is 4.90. The molecule has 0 spiro atoms. The minimum atomic E-state index is -0.0744. The van der Waals surface area contributed by atoms with E-state index < -0.39 is 0 Å². The lowest BCUT2D eigenvalue weighted by Gasteiger charge is -2.07. The smallest absolute Gasteiger partial charge is 0.251 e. The van der Waals surface area contributed by atoms with Gasteiger partial charge in [0, 0.05) is 29.0 Å². The molecule has 0 bridgehead atoms. The van der Waals surface area contributed by atoms with Crippen LogP contribution in [0.5, 0.6) is 11.5 Å². The van der Waals surface area contributed by atoms with Gasteiger partial charge in [-0.1, -0.05) is 48.2 Å². The van der Waals surface area contributed by atoms with Gasteiger partial charge in [0.2, 0.25) is 0 Å². The van der Waals surface area contributed by atoms with Crippen LogP contribution >= 0.6 is 11.8 Å². The van der Waals surface area contributed by atoms with Crippen molar-refractivity contribution in [1.82, 2.24) is 15.3 Å². The number of hydrogen-bond acceptors (Lipinski definition) is 5. The van der Waals surface area contributed by atoms with Gasteiger partial charge in [-0.3, -0.25) is 4.79 Å². The fraction of sp³-hybridized carbons (Fsp3) is 0.133. The summed E-state index contributed by atoms with van der Waals surface area (Å²) in [4.78, 5) is 21.2. The summed E-state index contributed by atoms with van der Waals surface area (Å²) in [5.41, 5.74) is 4.46. The van der Waals surface area contributed by atoms with Gasteiger partial charge in [-0.2, -0.15) is 0 Å². The minimum Gasteiger partial charge on any atom is -0.497 e. The molecule has 0 aliphatic heterocycles. The number of H-pyrrole nitrogens is 1. The van der Waals surface area contributed by atoms with E-state index in [2.05, 4.69) is 10.3 Å². The first-order chi connectivity index (χ1) is 18.2. The molecule has 0 radical (unpaired) electrons. The molecule has 6 nitrogen and oxygen atoms in total. The Hall–Kier alpha value is -4.23. The second kappa shape index (κ2) is 11.2. The number of thioether (sulfide) groups is 1. The maximum atomic E-state index is 12.8. The third kappa shape index (κ3) is 5.47. The Bertz CT molecular complexity index is 1440. The molecule has 0 saturated heterocycles. The molecule has 1 heterocycles. The van der Waals surface area contributed by atoms with Crippen LogP contribution in [-0.4, -0.2) is 42.4 Å². The molecule has 5 aromatic rings. The number of ether oxygens (including phenoxy) is 2. The van der Waals surface area contributed by atoms with E-state index in [0.29, 0.717) is 17.9 Å². The van der Waals surface area contributed by atoms with Crippen LogP contribution in [0.4, 0.5) is 0 Å². The van der Waals surface area contributed by atoms with E-state index in [9.17, 15) is 4.79 Å². The second-order valence-electron chi connectivity index (χ2n) is 8.35. The van der Waals surface area contributed by atoms with Crippen molar-refractivity contribution in [3.8, 4) is 34.0 Å². The van der Waals surface area contributed by atoms with E-state index in [1.165, 1.54) is 0 Å². The molecular weight excluding hydrogens is 482 g/mol. The lowest BCUT2D eigenvalue weighted by Crippen LogP contribution is -2.25. The van der Waals surface area contributed by atoms with Crippen molar-refractivity contribution in [2.24, 2.45) is 0 Å². The number of nitrogens with one attached hydrogen (secondary N) is 2. The largest absolute Gasteiger partial charge is 0.497 e. The Morgan fingerprint density at radius 1 is 0.838 bits per heavy atom. The highest BCUT2D eigenvalue weighted by Crippen LogP contribution is 2.34. The van der Waals surface area contributed by atoms with Crippen LogP contribution in [0.15, 0.2) is 96.2 Å². The van der Waals surface area contributed by atoms with Gasteiger partial charge in [-0.15, -0.1) is 0 Å². The van der Waals surface area contributed by atoms with Gasteiger partial charge in [0.25, 0.3) is 5.91 Å². The third-order valence-electron chi connectivity index (χ3n) is 6.08. The number of benzene rings is 4. The summed E-state index contributed by atoms with van der Waals surface area (Å²) in [5, 5.41) is 5.84. The lowest BCUT2D eigenvalue weighted by atomic mass is 10.0. The summed E-state index contributed by atoms with van der Waals surface area (Å²) in [6.07, 6.45) is 0. The molecule has 0 unspecified atom stereocenters. The monoisotopic (exact) mass is 509 g/mol. The van der Waals surface area contributed by atoms with Crippen LogP contribution < -0.4 is 14.8 Å². The van der Waals surface area contributed by atoms with Gasteiger partial charge in [0.15, 0.2) is 5.16 Å². The SMILES string of the molecule is COc1ccc(-c2nc(SCCNC(=O)c3cccc4ccccc34)[nH]c2-c2ccc(OC)cc2)cc1. The molecule has 0 aliphatic rings. The third-order valence-corrected chi connectivity index (χ3v) is 6.96. The molecule has 0 saturated carbocycles. The van der Waals surface area contributed by atoms with Crippen molar-refractivity contribution >= 4 is 28.4 Å². The maximum absolute atomic E-state index is 12.8. The highest BCUT2D eigenvalue weighted by molar-refractivity contribution is 7.99. The summed E-state index contributed by atoms with van der Waals surface area (Å²) in [6.45, 7) is 0.517. The van der Waals surface area contributed by atoms with Crippen LogP contribution in [0.25, 0.3) is 33.3 Å². The molecule has 2 N–H and O–H groups in total. The van der Waals surface area contributed by atoms with Crippen molar-refractivity contribution in [2.45, 2.75) is 5.16 Å². The molecule has 0 atom stereocenters. The predicted molar refractivity (Wildman–Crippen MR) is 150 cm³/mol. The number of carbonyl (C=O) groups excluding carboxylic acids is 1. The molecule has 5 rings (SSSR count). The fourth-order valence-electron chi connectivity index (χ4n) is 4.18. The van der Waals surface area contributed by atoms with Crippen molar-refractivity contribution in [2.75, 3.05) is 26.5 Å². The van der Waals surface area contributed by atoms with Crippen LogP contribution in [0.2, 0.25) is 0 Å². The summed E-state index contributed by atoms with van der Waals surface area (Å²) in [7, 11) is 3.31. The van der Waals surface area contributed by atoms with Gasteiger partial charge in [-0.05, 0) is 65.4 Å². The number of carbonyl (C=O) groups is 1.